The minimum Gasteiger partial charge on any atom is -0.273 e. The maximum atomic E-state index is 2.31. The van der Waals surface area contributed by atoms with Crippen LogP contribution in [0.5, 0.6) is 0 Å². The summed E-state index contributed by atoms with van der Waals surface area (Å²) >= 11 is 0. The molecule has 0 aliphatic carbocycles. The largest absolute Gasteiger partial charge is 0.273 e. The quantitative estimate of drug-likeness (QED) is 0.606. The van der Waals surface area contributed by atoms with E-state index < -0.39 is 0 Å². The lowest BCUT2D eigenvalue weighted by atomic mass is 10.4. The molecule has 0 saturated carbocycles. The van der Waals surface area contributed by atoms with Crippen molar-refractivity contribution in [2.45, 2.75) is 13.8 Å². The molecule has 0 N–H and O–H groups in total. The van der Waals surface area contributed by atoms with Gasteiger partial charge in [0, 0.05) is 0 Å². The summed E-state index contributed by atoms with van der Waals surface area (Å²) in [6, 6.07) is 0. The minimum absolute atomic E-state index is 0.213. The highest BCUT2D eigenvalue weighted by atomic mass is 31.1. The first-order valence-electron chi connectivity index (χ1n) is 3.74. The van der Waals surface area contributed by atoms with Gasteiger partial charge in [0.15, 0.2) is 0 Å². The maximum absolute atomic E-state index is 2.31. The Morgan fingerprint density at radius 1 is 1.00 bits per heavy atom. The van der Waals surface area contributed by atoms with Crippen LogP contribution < -0.4 is 0 Å². The Kier molecular flexibility index (Phi) is 4.91. The molecule has 0 rings (SSSR count). The Balaban J connectivity index is 4.24. The van der Waals surface area contributed by atoms with E-state index in [1.807, 2.05) is 0 Å². The van der Waals surface area contributed by atoms with Gasteiger partial charge in [-0.3, -0.25) is 9.34 Å². The van der Waals surface area contributed by atoms with E-state index in [4.69, 9.17) is 0 Å². The van der Waals surface area contributed by atoms with Gasteiger partial charge >= 0.3 is 0 Å². The lowest BCUT2D eigenvalue weighted by Gasteiger charge is -2.27. The molecular weight excluding hydrogens is 155 g/mol. The molecule has 3 heteroatoms. The van der Waals surface area contributed by atoms with Gasteiger partial charge in [0.2, 0.25) is 0 Å². The van der Waals surface area contributed by atoms with Crippen LogP contribution in [-0.2, 0) is 0 Å². The molecular formula is C8H19N2P. The molecule has 0 amide bonds. The fourth-order valence-corrected chi connectivity index (χ4v) is 2.46. The molecule has 0 aliphatic rings. The number of rotatable bonds is 3. The first-order valence-corrected chi connectivity index (χ1v) is 5.05. The molecule has 2 nitrogen and oxygen atoms in total. The van der Waals surface area contributed by atoms with Crippen molar-refractivity contribution < 1.29 is 0 Å². The van der Waals surface area contributed by atoms with Gasteiger partial charge in [-0.05, 0) is 47.9 Å². The average Bonchev–Trinajstić information content (AvgIpc) is 1.81. The molecule has 0 aliphatic heterocycles. The van der Waals surface area contributed by atoms with Gasteiger partial charge in [0.05, 0.1) is 8.22 Å². The summed E-state index contributed by atoms with van der Waals surface area (Å²) in [6.45, 7) is 4.28. The third-order valence-corrected chi connectivity index (χ3v) is 3.58. The monoisotopic (exact) mass is 174 g/mol. The van der Waals surface area contributed by atoms with E-state index in [0.717, 1.165) is 0 Å². The molecule has 0 aromatic rings. The van der Waals surface area contributed by atoms with E-state index in [1.165, 1.54) is 5.57 Å². The highest BCUT2D eigenvalue weighted by Gasteiger charge is 2.09. The van der Waals surface area contributed by atoms with Gasteiger partial charge in [-0.2, -0.15) is 0 Å². The fourth-order valence-electron chi connectivity index (χ4n) is 0.820. The zero-order chi connectivity index (χ0) is 9.02. The minimum atomic E-state index is -0.213. The third kappa shape index (κ3) is 4.52. The molecule has 0 aromatic heterocycles. The summed E-state index contributed by atoms with van der Waals surface area (Å²) in [6.07, 6.45) is 0. The molecule has 0 radical (unpaired) electrons. The van der Waals surface area contributed by atoms with Crippen LogP contribution >= 0.6 is 8.22 Å². The van der Waals surface area contributed by atoms with Crippen molar-refractivity contribution in [3.8, 4) is 0 Å². The summed E-state index contributed by atoms with van der Waals surface area (Å²) in [5.74, 6) is 2.31. The maximum Gasteiger partial charge on any atom is 0.0636 e. The Morgan fingerprint density at radius 2 is 1.36 bits per heavy atom. The molecule has 66 valence electrons. The van der Waals surface area contributed by atoms with Crippen LogP contribution in [-0.4, -0.2) is 37.5 Å². The van der Waals surface area contributed by atoms with E-state index in [0.29, 0.717) is 0 Å². The van der Waals surface area contributed by atoms with Crippen LogP contribution in [0.4, 0.5) is 0 Å². The molecule has 0 atom stereocenters. The summed E-state index contributed by atoms with van der Waals surface area (Å²) in [5, 5.41) is 0. The molecule has 11 heavy (non-hydrogen) atoms. The van der Waals surface area contributed by atoms with Gasteiger partial charge in [0.25, 0.3) is 0 Å². The van der Waals surface area contributed by atoms with Gasteiger partial charge in [-0.25, -0.2) is 0 Å². The fraction of sp³-hybridized carbons (Fsp3) is 0.750. The molecule has 0 bridgehead atoms. The summed E-state index contributed by atoms with van der Waals surface area (Å²) in [7, 11) is 8.25. The van der Waals surface area contributed by atoms with Crippen molar-refractivity contribution in [1.29, 1.82) is 0 Å². The molecule has 0 heterocycles. The van der Waals surface area contributed by atoms with Gasteiger partial charge in [0.1, 0.15) is 0 Å². The van der Waals surface area contributed by atoms with Crippen LogP contribution in [0, 0.1) is 0 Å². The second kappa shape index (κ2) is 4.87. The highest BCUT2D eigenvalue weighted by Crippen LogP contribution is 2.41. The summed E-state index contributed by atoms with van der Waals surface area (Å²) in [5.41, 5.74) is 1.39. The van der Waals surface area contributed by atoms with Gasteiger partial charge in [-0.15, -0.1) is 0 Å². The number of hydrogen-bond donors (Lipinski definition) is 0. The summed E-state index contributed by atoms with van der Waals surface area (Å²) < 4.78 is 4.50. The lowest BCUT2D eigenvalue weighted by Crippen LogP contribution is -2.15. The van der Waals surface area contributed by atoms with Crippen molar-refractivity contribution in [3.63, 3.8) is 0 Å². The van der Waals surface area contributed by atoms with Crippen LogP contribution in [0.2, 0.25) is 0 Å². The molecule has 0 aromatic carbocycles. The molecule has 0 unspecified atom stereocenters. The van der Waals surface area contributed by atoms with Gasteiger partial charge in [-0.1, -0.05) is 5.57 Å². The topological polar surface area (TPSA) is 6.48 Å². The predicted molar refractivity (Wildman–Crippen MR) is 53.7 cm³/mol. The van der Waals surface area contributed by atoms with Crippen molar-refractivity contribution in [2.75, 3.05) is 28.2 Å². The number of hydrogen-bond acceptors (Lipinski definition) is 2. The van der Waals surface area contributed by atoms with Crippen molar-refractivity contribution in [2.24, 2.45) is 0 Å². The standard InChI is InChI=1S/C8H19N2P/c1-8(2)7-11(9(3)4)10(5)6/h7H,1-6H3. The zero-order valence-electron chi connectivity index (χ0n) is 8.42. The Labute approximate surface area is 71.7 Å². The van der Waals surface area contributed by atoms with Crippen molar-refractivity contribution in [3.05, 3.63) is 11.4 Å². The molecule has 0 fully saturated rings. The molecule has 0 spiro atoms. The Hall–Kier alpha value is 0.0900. The Morgan fingerprint density at radius 3 is 1.45 bits per heavy atom. The molecule has 0 saturated heterocycles. The van der Waals surface area contributed by atoms with Crippen molar-refractivity contribution >= 4 is 8.22 Å². The van der Waals surface area contributed by atoms with Gasteiger partial charge < -0.3 is 0 Å². The van der Waals surface area contributed by atoms with Crippen LogP contribution in [0.25, 0.3) is 0 Å². The first kappa shape index (κ1) is 11.1. The zero-order valence-corrected chi connectivity index (χ0v) is 9.31. The lowest BCUT2D eigenvalue weighted by molar-refractivity contribution is 0.583. The normalized spacial score (nSPS) is 11.4. The Bertz CT molecular complexity index is 129. The average molecular weight is 174 g/mol. The van der Waals surface area contributed by atoms with E-state index in [2.05, 4.69) is 57.2 Å². The summed E-state index contributed by atoms with van der Waals surface area (Å²) in [4.78, 5) is 0. The first-order chi connectivity index (χ1) is 4.95. The van der Waals surface area contributed by atoms with E-state index >= 15 is 0 Å². The predicted octanol–water partition coefficient (Wildman–Crippen LogP) is 2.35. The van der Waals surface area contributed by atoms with E-state index in [9.17, 15) is 0 Å². The second-order valence-electron chi connectivity index (χ2n) is 3.22. The SMILES string of the molecule is CC(C)=CP(N(C)C)N(C)C. The smallest absolute Gasteiger partial charge is 0.0636 e. The second-order valence-corrected chi connectivity index (χ2v) is 5.72. The highest BCUT2D eigenvalue weighted by molar-refractivity contribution is 7.55. The van der Waals surface area contributed by atoms with Crippen LogP contribution in [0.3, 0.4) is 0 Å². The van der Waals surface area contributed by atoms with Crippen molar-refractivity contribution in [1.82, 2.24) is 9.34 Å². The van der Waals surface area contributed by atoms with E-state index in [-0.39, 0.29) is 8.22 Å². The van der Waals surface area contributed by atoms with E-state index in [1.54, 1.807) is 0 Å². The third-order valence-electron chi connectivity index (χ3n) is 1.19. The number of allylic oxidation sites excluding steroid dienone is 1. The number of nitrogens with zero attached hydrogens (tertiary/aromatic N) is 2. The van der Waals surface area contributed by atoms with Crippen LogP contribution in [0.15, 0.2) is 11.4 Å². The van der Waals surface area contributed by atoms with Crippen LogP contribution in [0.1, 0.15) is 13.8 Å².